The summed E-state index contributed by atoms with van der Waals surface area (Å²) >= 11 is 0. The van der Waals surface area contributed by atoms with E-state index >= 15 is 0 Å². The third-order valence-corrected chi connectivity index (χ3v) is 2.20. The van der Waals surface area contributed by atoms with Crippen LogP contribution in [0.4, 0.5) is 5.69 Å². The van der Waals surface area contributed by atoms with Crippen LogP contribution in [0.1, 0.15) is 25.8 Å². The minimum absolute atomic E-state index is 0.0193. The maximum atomic E-state index is 10.6. The van der Waals surface area contributed by atoms with Crippen LogP contribution in [0.3, 0.4) is 0 Å². The van der Waals surface area contributed by atoms with Crippen molar-refractivity contribution in [2.75, 3.05) is 0 Å². The van der Waals surface area contributed by atoms with Crippen LogP contribution < -0.4 is 4.74 Å². The van der Waals surface area contributed by atoms with Gasteiger partial charge in [-0.1, -0.05) is 6.92 Å². The van der Waals surface area contributed by atoms with Crippen LogP contribution in [0.5, 0.6) is 5.75 Å². The van der Waals surface area contributed by atoms with Gasteiger partial charge in [-0.25, -0.2) is 0 Å². The molecule has 0 amide bonds. The van der Waals surface area contributed by atoms with E-state index in [1.807, 2.05) is 13.8 Å². The van der Waals surface area contributed by atoms with Gasteiger partial charge < -0.3 is 4.74 Å². The molecule has 0 aromatic heterocycles. The average molecular weight is 220 g/mol. The van der Waals surface area contributed by atoms with Gasteiger partial charge >= 0.3 is 0 Å². The molecule has 1 aromatic carbocycles. The van der Waals surface area contributed by atoms with Gasteiger partial charge in [0.2, 0.25) is 0 Å². The van der Waals surface area contributed by atoms with Crippen LogP contribution in [0.15, 0.2) is 18.2 Å². The number of hydrogen-bond acceptors (Lipinski definition) is 4. The highest BCUT2D eigenvalue weighted by atomic mass is 16.6. The lowest BCUT2D eigenvalue weighted by molar-refractivity contribution is -0.385. The monoisotopic (exact) mass is 220 g/mol. The summed E-state index contributed by atoms with van der Waals surface area (Å²) in [6.07, 6.45) is 0.854. The number of nitrogens with zero attached hydrogens (tertiary/aromatic N) is 2. The summed E-state index contributed by atoms with van der Waals surface area (Å²) in [4.78, 5) is 10.0. The zero-order chi connectivity index (χ0) is 12.1. The molecule has 5 heteroatoms. The molecule has 0 radical (unpaired) electrons. The van der Waals surface area contributed by atoms with Crippen molar-refractivity contribution in [2.45, 2.75) is 26.4 Å². The second-order valence-electron chi connectivity index (χ2n) is 3.38. The van der Waals surface area contributed by atoms with Crippen molar-refractivity contribution in [1.29, 1.82) is 5.26 Å². The Labute approximate surface area is 93.4 Å². The van der Waals surface area contributed by atoms with Gasteiger partial charge in [0.15, 0.2) is 0 Å². The molecular weight excluding hydrogens is 208 g/mol. The van der Waals surface area contributed by atoms with E-state index in [0.717, 1.165) is 6.42 Å². The number of nitriles is 1. The van der Waals surface area contributed by atoms with Crippen LogP contribution in [-0.2, 0) is 0 Å². The number of ether oxygens (including phenoxy) is 1. The van der Waals surface area contributed by atoms with Crippen LogP contribution in [0.25, 0.3) is 0 Å². The molecule has 0 N–H and O–H groups in total. The lowest BCUT2D eigenvalue weighted by Crippen LogP contribution is -2.09. The first-order chi connectivity index (χ1) is 7.58. The van der Waals surface area contributed by atoms with Gasteiger partial charge in [0.05, 0.1) is 11.0 Å². The van der Waals surface area contributed by atoms with Gasteiger partial charge in [0, 0.05) is 12.1 Å². The Balaban J connectivity index is 3.01. The molecule has 1 unspecified atom stereocenters. The Bertz CT molecular complexity index is 437. The molecule has 0 heterocycles. The number of nitro benzene ring substituents is 1. The van der Waals surface area contributed by atoms with E-state index in [1.54, 1.807) is 6.07 Å². The summed E-state index contributed by atoms with van der Waals surface area (Å²) < 4.78 is 5.47. The van der Waals surface area contributed by atoms with E-state index in [-0.39, 0.29) is 17.4 Å². The van der Waals surface area contributed by atoms with Crippen LogP contribution in [0, 0.1) is 21.4 Å². The van der Waals surface area contributed by atoms with Crippen molar-refractivity contribution >= 4 is 5.69 Å². The molecule has 0 spiro atoms. The summed E-state index contributed by atoms with van der Waals surface area (Å²) in [7, 11) is 0. The third kappa shape index (κ3) is 2.70. The van der Waals surface area contributed by atoms with Crippen molar-refractivity contribution in [3.63, 3.8) is 0 Å². The second kappa shape index (κ2) is 5.12. The highest BCUT2D eigenvalue weighted by Crippen LogP contribution is 2.24. The van der Waals surface area contributed by atoms with Gasteiger partial charge in [-0.15, -0.1) is 0 Å². The maximum absolute atomic E-state index is 10.6. The molecule has 0 aliphatic carbocycles. The molecule has 1 rings (SSSR count). The smallest absolute Gasteiger partial charge is 0.287 e. The van der Waals surface area contributed by atoms with Crippen molar-refractivity contribution in [1.82, 2.24) is 0 Å². The normalized spacial score (nSPS) is 11.6. The highest BCUT2D eigenvalue weighted by molar-refractivity contribution is 5.52. The standard InChI is InChI=1S/C11H12N2O3/c1-3-8(2)16-10-4-5-11(13(14)15)9(6-10)7-12/h4-6,8H,3H2,1-2H3. The van der Waals surface area contributed by atoms with E-state index in [1.165, 1.54) is 18.2 Å². The highest BCUT2D eigenvalue weighted by Gasteiger charge is 2.14. The van der Waals surface area contributed by atoms with Crippen molar-refractivity contribution in [3.8, 4) is 11.8 Å². The summed E-state index contributed by atoms with van der Waals surface area (Å²) in [5, 5.41) is 19.4. The molecular formula is C11H12N2O3. The molecule has 1 aromatic rings. The lowest BCUT2D eigenvalue weighted by Gasteiger charge is -2.12. The van der Waals surface area contributed by atoms with Crippen molar-refractivity contribution < 1.29 is 9.66 Å². The number of nitro groups is 1. The summed E-state index contributed by atoms with van der Waals surface area (Å²) in [5.74, 6) is 0.483. The van der Waals surface area contributed by atoms with E-state index in [0.29, 0.717) is 5.75 Å². The fraction of sp³-hybridized carbons (Fsp3) is 0.364. The Morgan fingerprint density at radius 3 is 2.81 bits per heavy atom. The Morgan fingerprint density at radius 2 is 2.31 bits per heavy atom. The summed E-state index contributed by atoms with van der Waals surface area (Å²) in [5.41, 5.74) is -0.176. The van der Waals surface area contributed by atoms with Crippen LogP contribution in [-0.4, -0.2) is 11.0 Å². The van der Waals surface area contributed by atoms with Gasteiger partial charge in [0.1, 0.15) is 17.4 Å². The lowest BCUT2D eigenvalue weighted by atomic mass is 10.2. The van der Waals surface area contributed by atoms with Gasteiger partial charge in [0.25, 0.3) is 5.69 Å². The maximum Gasteiger partial charge on any atom is 0.287 e. The van der Waals surface area contributed by atoms with Crippen molar-refractivity contribution in [3.05, 3.63) is 33.9 Å². The Morgan fingerprint density at radius 1 is 1.62 bits per heavy atom. The predicted octanol–water partition coefficient (Wildman–Crippen LogP) is 2.64. The molecule has 0 aliphatic rings. The first kappa shape index (κ1) is 12.0. The fourth-order valence-electron chi connectivity index (χ4n) is 1.15. The van der Waals surface area contributed by atoms with E-state index in [9.17, 15) is 10.1 Å². The van der Waals surface area contributed by atoms with E-state index < -0.39 is 4.92 Å². The fourth-order valence-corrected chi connectivity index (χ4v) is 1.15. The third-order valence-electron chi connectivity index (χ3n) is 2.20. The predicted molar refractivity (Wildman–Crippen MR) is 58.2 cm³/mol. The number of hydrogen-bond donors (Lipinski definition) is 0. The van der Waals surface area contributed by atoms with Gasteiger partial charge in [-0.05, 0) is 19.4 Å². The van der Waals surface area contributed by atoms with E-state index in [4.69, 9.17) is 10.00 Å². The number of rotatable bonds is 4. The van der Waals surface area contributed by atoms with Gasteiger partial charge in [-0.3, -0.25) is 10.1 Å². The first-order valence-corrected chi connectivity index (χ1v) is 4.93. The second-order valence-corrected chi connectivity index (χ2v) is 3.38. The molecule has 0 fully saturated rings. The molecule has 0 bridgehead atoms. The quantitative estimate of drug-likeness (QED) is 0.577. The number of benzene rings is 1. The first-order valence-electron chi connectivity index (χ1n) is 4.93. The minimum Gasteiger partial charge on any atom is -0.491 e. The zero-order valence-corrected chi connectivity index (χ0v) is 9.14. The summed E-state index contributed by atoms with van der Waals surface area (Å²) in [6, 6.07) is 5.97. The largest absolute Gasteiger partial charge is 0.491 e. The van der Waals surface area contributed by atoms with Crippen LogP contribution >= 0.6 is 0 Å². The Hall–Kier alpha value is -2.09. The summed E-state index contributed by atoms with van der Waals surface area (Å²) in [6.45, 7) is 3.87. The molecule has 84 valence electrons. The van der Waals surface area contributed by atoms with E-state index in [2.05, 4.69) is 0 Å². The molecule has 0 saturated heterocycles. The Kier molecular flexibility index (Phi) is 3.84. The molecule has 5 nitrogen and oxygen atoms in total. The molecule has 0 saturated carbocycles. The topological polar surface area (TPSA) is 76.2 Å². The minimum atomic E-state index is -0.578. The van der Waals surface area contributed by atoms with Gasteiger partial charge in [-0.2, -0.15) is 5.26 Å². The zero-order valence-electron chi connectivity index (χ0n) is 9.14. The SMILES string of the molecule is CCC(C)Oc1ccc([N+](=O)[O-])c(C#N)c1. The molecule has 0 aliphatic heterocycles. The van der Waals surface area contributed by atoms with Crippen molar-refractivity contribution in [2.24, 2.45) is 0 Å². The molecule has 16 heavy (non-hydrogen) atoms. The molecule has 1 atom stereocenters. The average Bonchev–Trinajstić information content (AvgIpc) is 2.28. The van der Waals surface area contributed by atoms with Crippen LogP contribution in [0.2, 0.25) is 0 Å².